The Morgan fingerprint density at radius 2 is 2.32 bits per heavy atom. The molecule has 1 saturated carbocycles. The number of hydrogen-bond acceptors (Lipinski definition) is 5. The molecule has 2 heterocycles. The van der Waals surface area contributed by atoms with Gasteiger partial charge in [-0.2, -0.15) is 0 Å². The summed E-state index contributed by atoms with van der Waals surface area (Å²) in [5, 5.41) is 0. The van der Waals surface area contributed by atoms with Crippen LogP contribution in [0.2, 0.25) is 0 Å². The summed E-state index contributed by atoms with van der Waals surface area (Å²) in [5.74, 6) is 0.356. The van der Waals surface area contributed by atoms with Gasteiger partial charge in [-0.25, -0.2) is 4.98 Å². The van der Waals surface area contributed by atoms with E-state index in [0.717, 1.165) is 0 Å². The molecular weight excluding hydrogens is 248 g/mol. The first-order chi connectivity index (χ1) is 9.10. The van der Waals surface area contributed by atoms with Crippen LogP contribution in [0.5, 0.6) is 5.75 Å². The van der Waals surface area contributed by atoms with Crippen molar-refractivity contribution in [3.8, 4) is 5.75 Å². The van der Waals surface area contributed by atoms with Crippen molar-refractivity contribution in [3.63, 3.8) is 0 Å². The van der Waals surface area contributed by atoms with Crippen LogP contribution in [0, 0.1) is 5.41 Å². The van der Waals surface area contributed by atoms with Gasteiger partial charge >= 0.3 is 5.97 Å². The number of hydrogen-bond donors (Lipinski definition) is 0. The van der Waals surface area contributed by atoms with Crippen molar-refractivity contribution in [2.24, 2.45) is 5.41 Å². The number of carbonyl (C=O) groups is 2. The Morgan fingerprint density at radius 1 is 1.58 bits per heavy atom. The number of pyridine rings is 1. The summed E-state index contributed by atoms with van der Waals surface area (Å²) in [6.07, 6.45) is 2.00. The highest BCUT2D eigenvalue weighted by Crippen LogP contribution is 2.53. The largest absolute Gasteiger partial charge is 0.475 e. The third-order valence-electron chi connectivity index (χ3n) is 3.75. The fourth-order valence-corrected chi connectivity index (χ4v) is 2.44. The number of carbonyl (C=O) groups excluding carboxylic acids is 2. The molecular formula is C13H14N2O4. The van der Waals surface area contributed by atoms with Crippen LogP contribution in [0.4, 0.5) is 5.82 Å². The van der Waals surface area contributed by atoms with Gasteiger partial charge in [0.15, 0.2) is 17.7 Å². The molecule has 1 unspecified atom stereocenters. The van der Waals surface area contributed by atoms with E-state index in [0.29, 0.717) is 24.4 Å². The SMILES string of the molecule is COC(=O)C1(C2Oc3cccnc3N(C)C2=O)CC1. The predicted molar refractivity (Wildman–Crippen MR) is 65.7 cm³/mol. The lowest BCUT2D eigenvalue weighted by atomic mass is 9.97. The summed E-state index contributed by atoms with van der Waals surface area (Å²) < 4.78 is 10.5. The van der Waals surface area contributed by atoms with Crippen molar-refractivity contribution in [2.45, 2.75) is 18.9 Å². The molecule has 1 amide bonds. The molecule has 0 aromatic carbocycles. The number of aromatic nitrogens is 1. The van der Waals surface area contributed by atoms with Crippen LogP contribution in [0.1, 0.15) is 12.8 Å². The molecule has 3 rings (SSSR count). The monoisotopic (exact) mass is 262 g/mol. The van der Waals surface area contributed by atoms with E-state index in [-0.39, 0.29) is 11.9 Å². The Bertz CT molecular complexity index is 553. The summed E-state index contributed by atoms with van der Waals surface area (Å²) >= 11 is 0. The normalized spacial score (nSPS) is 23.4. The van der Waals surface area contributed by atoms with Gasteiger partial charge in [0.25, 0.3) is 5.91 Å². The van der Waals surface area contributed by atoms with E-state index in [4.69, 9.17) is 9.47 Å². The molecule has 0 radical (unpaired) electrons. The Kier molecular flexibility index (Phi) is 2.48. The van der Waals surface area contributed by atoms with Gasteiger partial charge < -0.3 is 9.47 Å². The minimum Gasteiger partial charge on any atom is -0.475 e. The molecule has 100 valence electrons. The Balaban J connectivity index is 1.98. The zero-order chi connectivity index (χ0) is 13.6. The quantitative estimate of drug-likeness (QED) is 0.736. The van der Waals surface area contributed by atoms with Crippen LogP contribution < -0.4 is 9.64 Å². The maximum atomic E-state index is 12.3. The van der Waals surface area contributed by atoms with Crippen LogP contribution in [0.15, 0.2) is 18.3 Å². The zero-order valence-electron chi connectivity index (χ0n) is 10.8. The average Bonchev–Trinajstić information content (AvgIpc) is 3.23. The first-order valence-electron chi connectivity index (χ1n) is 6.08. The average molecular weight is 262 g/mol. The molecule has 6 nitrogen and oxygen atoms in total. The molecule has 0 saturated heterocycles. The summed E-state index contributed by atoms with van der Waals surface area (Å²) in [4.78, 5) is 29.8. The Hall–Kier alpha value is -2.11. The van der Waals surface area contributed by atoms with Crippen molar-refractivity contribution in [1.29, 1.82) is 0 Å². The van der Waals surface area contributed by atoms with E-state index in [1.54, 1.807) is 25.4 Å². The van der Waals surface area contributed by atoms with Gasteiger partial charge in [0.05, 0.1) is 7.11 Å². The number of rotatable bonds is 2. The van der Waals surface area contributed by atoms with E-state index in [9.17, 15) is 9.59 Å². The first kappa shape index (κ1) is 12.0. The van der Waals surface area contributed by atoms with Crippen LogP contribution in [-0.2, 0) is 14.3 Å². The number of ether oxygens (including phenoxy) is 2. The number of nitrogens with zero attached hydrogens (tertiary/aromatic N) is 2. The third kappa shape index (κ3) is 1.59. The smallest absolute Gasteiger partial charge is 0.316 e. The summed E-state index contributed by atoms with van der Waals surface area (Å²) in [5.41, 5.74) is -0.826. The number of esters is 1. The first-order valence-corrected chi connectivity index (χ1v) is 6.08. The van der Waals surface area contributed by atoms with Gasteiger partial charge in [0.2, 0.25) is 0 Å². The third-order valence-corrected chi connectivity index (χ3v) is 3.75. The summed E-state index contributed by atoms with van der Waals surface area (Å²) in [7, 11) is 2.96. The number of amides is 1. The molecule has 0 spiro atoms. The van der Waals surface area contributed by atoms with E-state index in [1.165, 1.54) is 12.0 Å². The number of fused-ring (bicyclic) bond motifs is 1. The minimum absolute atomic E-state index is 0.255. The van der Waals surface area contributed by atoms with Crippen LogP contribution in [0.25, 0.3) is 0 Å². The molecule has 2 aliphatic rings. The lowest BCUT2D eigenvalue weighted by Gasteiger charge is -2.34. The van der Waals surface area contributed by atoms with E-state index >= 15 is 0 Å². The van der Waals surface area contributed by atoms with Crippen LogP contribution in [0.3, 0.4) is 0 Å². The van der Waals surface area contributed by atoms with Gasteiger partial charge in [0.1, 0.15) is 5.41 Å². The van der Waals surface area contributed by atoms with E-state index in [1.807, 2.05) is 0 Å². The number of methoxy groups -OCH3 is 1. The molecule has 19 heavy (non-hydrogen) atoms. The van der Waals surface area contributed by atoms with E-state index < -0.39 is 11.5 Å². The molecule has 0 N–H and O–H groups in total. The highest BCUT2D eigenvalue weighted by molar-refractivity contribution is 6.02. The van der Waals surface area contributed by atoms with Crippen LogP contribution >= 0.6 is 0 Å². The second kappa shape index (κ2) is 3.94. The summed E-state index contributed by atoms with van der Waals surface area (Å²) in [6.45, 7) is 0. The second-order valence-corrected chi connectivity index (χ2v) is 4.87. The number of anilines is 1. The van der Waals surface area contributed by atoms with Crippen molar-refractivity contribution < 1.29 is 19.1 Å². The zero-order valence-corrected chi connectivity index (χ0v) is 10.8. The lowest BCUT2D eigenvalue weighted by molar-refractivity contribution is -0.155. The van der Waals surface area contributed by atoms with Gasteiger partial charge in [-0.15, -0.1) is 0 Å². The Morgan fingerprint density at radius 3 is 2.95 bits per heavy atom. The predicted octanol–water partition coefficient (Wildman–Crippen LogP) is 0.759. The summed E-state index contributed by atoms with van der Waals surface area (Å²) in [6, 6.07) is 3.48. The van der Waals surface area contributed by atoms with Crippen LogP contribution in [-0.4, -0.2) is 37.1 Å². The highest BCUT2D eigenvalue weighted by Gasteiger charge is 2.63. The topological polar surface area (TPSA) is 68.7 Å². The fraction of sp³-hybridized carbons (Fsp3) is 0.462. The molecule has 1 fully saturated rings. The number of likely N-dealkylation sites (N-methyl/N-ethyl adjacent to an activating group) is 1. The minimum atomic E-state index is -0.826. The van der Waals surface area contributed by atoms with Gasteiger partial charge in [-0.1, -0.05) is 0 Å². The molecule has 1 aromatic heterocycles. The highest BCUT2D eigenvalue weighted by atomic mass is 16.5. The molecule has 1 aromatic rings. The van der Waals surface area contributed by atoms with E-state index in [2.05, 4.69) is 4.98 Å². The molecule has 0 bridgehead atoms. The Labute approximate surface area is 110 Å². The fourth-order valence-electron chi connectivity index (χ4n) is 2.44. The van der Waals surface area contributed by atoms with Gasteiger partial charge in [0, 0.05) is 13.2 Å². The maximum absolute atomic E-state index is 12.3. The lowest BCUT2D eigenvalue weighted by Crippen LogP contribution is -2.51. The second-order valence-electron chi connectivity index (χ2n) is 4.87. The molecule has 1 aliphatic carbocycles. The molecule has 6 heteroatoms. The van der Waals surface area contributed by atoms with Gasteiger partial charge in [-0.3, -0.25) is 14.5 Å². The molecule has 1 atom stereocenters. The molecule has 1 aliphatic heterocycles. The van der Waals surface area contributed by atoms with Crippen molar-refractivity contribution >= 4 is 17.7 Å². The van der Waals surface area contributed by atoms with Crippen molar-refractivity contribution in [1.82, 2.24) is 4.98 Å². The standard InChI is InChI=1S/C13H14N2O4/c1-15-10-8(4-3-7-14-10)19-9(11(15)16)13(5-6-13)12(17)18-2/h3-4,7,9H,5-6H2,1-2H3. The van der Waals surface area contributed by atoms with Crippen molar-refractivity contribution in [2.75, 3.05) is 19.1 Å². The maximum Gasteiger partial charge on any atom is 0.316 e. The van der Waals surface area contributed by atoms with Gasteiger partial charge in [-0.05, 0) is 25.0 Å². The van der Waals surface area contributed by atoms with Crippen molar-refractivity contribution in [3.05, 3.63) is 18.3 Å².